The highest BCUT2D eigenvalue weighted by atomic mass is 35.5. The molecule has 1 saturated heterocycles. The van der Waals surface area contributed by atoms with Gasteiger partial charge in [-0.1, -0.05) is 18.9 Å². The van der Waals surface area contributed by atoms with Crippen molar-refractivity contribution in [3.63, 3.8) is 0 Å². The summed E-state index contributed by atoms with van der Waals surface area (Å²) in [6.07, 6.45) is 3.50. The zero-order chi connectivity index (χ0) is 14.8. The minimum absolute atomic E-state index is 0. The Morgan fingerprint density at radius 2 is 1.96 bits per heavy atom. The second kappa shape index (κ2) is 8.78. The molecule has 0 bridgehead atoms. The van der Waals surface area contributed by atoms with Crippen molar-refractivity contribution < 1.29 is 9.31 Å². The molecule has 0 aromatic heterocycles. The van der Waals surface area contributed by atoms with E-state index in [-0.39, 0.29) is 30.9 Å². The molecule has 8 heteroatoms. The van der Waals surface area contributed by atoms with Gasteiger partial charge in [-0.05, 0) is 24.0 Å². The number of nitro benzene ring substituents is 1. The van der Waals surface area contributed by atoms with Crippen LogP contribution in [0.25, 0.3) is 0 Å². The summed E-state index contributed by atoms with van der Waals surface area (Å²) < 4.78 is 13.5. The zero-order valence-corrected chi connectivity index (χ0v) is 14.4. The summed E-state index contributed by atoms with van der Waals surface area (Å²) in [6, 6.07) is 4.52. The van der Waals surface area contributed by atoms with Gasteiger partial charge in [0.25, 0.3) is 0 Å². The monoisotopic (exact) mass is 365 g/mol. The third kappa shape index (κ3) is 5.01. The van der Waals surface area contributed by atoms with Crippen LogP contribution >= 0.6 is 24.8 Å². The average molecular weight is 366 g/mol. The van der Waals surface area contributed by atoms with E-state index in [1.165, 1.54) is 25.0 Å². The van der Waals surface area contributed by atoms with Crippen LogP contribution in [-0.2, 0) is 0 Å². The van der Waals surface area contributed by atoms with Gasteiger partial charge in [-0.25, -0.2) is 0 Å². The molecule has 3 rings (SSSR count). The van der Waals surface area contributed by atoms with Gasteiger partial charge in [-0.15, -0.1) is 24.8 Å². The minimum Gasteiger partial charge on any atom is -0.314 e. The molecule has 1 heterocycles. The summed E-state index contributed by atoms with van der Waals surface area (Å²) >= 11 is 0. The van der Waals surface area contributed by atoms with Crippen LogP contribution in [-0.4, -0.2) is 36.0 Å². The number of hydrogen-bond donors (Lipinski definition) is 1. The molecule has 1 aliphatic carbocycles. The Labute approximate surface area is 147 Å². The van der Waals surface area contributed by atoms with Crippen molar-refractivity contribution in [2.24, 2.45) is 5.92 Å². The molecule has 23 heavy (non-hydrogen) atoms. The maximum absolute atomic E-state index is 13.5. The summed E-state index contributed by atoms with van der Waals surface area (Å²) in [7, 11) is 0. The largest absolute Gasteiger partial charge is 0.314 e. The molecule has 2 aliphatic rings. The molecule has 0 spiro atoms. The Kier molecular flexibility index (Phi) is 7.67. The number of piperazine rings is 1. The molecule has 1 aromatic rings. The van der Waals surface area contributed by atoms with Gasteiger partial charge in [0, 0.05) is 38.3 Å². The molecule has 1 N–H and O–H groups in total. The molecule has 0 amide bonds. The second-order valence-corrected chi connectivity index (χ2v) is 5.95. The summed E-state index contributed by atoms with van der Waals surface area (Å²) in [5, 5.41) is 14.3. The normalized spacial score (nSPS) is 19.3. The number of nitrogens with zero attached hydrogens (tertiary/aromatic N) is 2. The van der Waals surface area contributed by atoms with Gasteiger partial charge in [0.05, 0.1) is 4.92 Å². The predicted octanol–water partition coefficient (Wildman–Crippen LogP) is 3.32. The van der Waals surface area contributed by atoms with E-state index in [2.05, 4.69) is 10.2 Å². The molecular formula is C15H22Cl2FN3O2. The number of nitro groups is 1. The fraction of sp³-hybridized carbons (Fsp3) is 0.600. The standard InChI is InChI=1S/C15H20FN3O2.2ClH/c16-13-4-3-12(10-15(13)19(20)21)14(9-11-1-2-11)18-7-5-17-6-8-18;;/h3-4,10-11,14,17H,1-2,5-9H2;2*1H/t14-;;/m0../s1. The topological polar surface area (TPSA) is 58.4 Å². The smallest absolute Gasteiger partial charge is 0.305 e. The van der Waals surface area contributed by atoms with E-state index < -0.39 is 16.4 Å². The van der Waals surface area contributed by atoms with E-state index in [4.69, 9.17) is 0 Å². The summed E-state index contributed by atoms with van der Waals surface area (Å²) in [5.41, 5.74) is 0.459. The average Bonchev–Trinajstić information content (AvgIpc) is 3.30. The molecule has 1 aromatic carbocycles. The van der Waals surface area contributed by atoms with Crippen molar-refractivity contribution in [3.8, 4) is 0 Å². The molecule has 1 aliphatic heterocycles. The van der Waals surface area contributed by atoms with Crippen LogP contribution in [0.3, 0.4) is 0 Å². The number of hydrogen-bond acceptors (Lipinski definition) is 4. The molecule has 5 nitrogen and oxygen atoms in total. The van der Waals surface area contributed by atoms with Gasteiger partial charge in [-0.2, -0.15) is 4.39 Å². The van der Waals surface area contributed by atoms with Crippen molar-refractivity contribution in [2.45, 2.75) is 25.3 Å². The van der Waals surface area contributed by atoms with Gasteiger partial charge in [0.1, 0.15) is 0 Å². The Balaban J connectivity index is 0.00000132. The number of rotatable bonds is 5. The lowest BCUT2D eigenvalue weighted by atomic mass is 9.98. The van der Waals surface area contributed by atoms with Gasteiger partial charge >= 0.3 is 5.69 Å². The Hall–Kier alpha value is -0.950. The van der Waals surface area contributed by atoms with Crippen LogP contribution in [0, 0.1) is 21.8 Å². The van der Waals surface area contributed by atoms with Crippen molar-refractivity contribution >= 4 is 30.5 Å². The fourth-order valence-electron chi connectivity index (χ4n) is 3.04. The maximum Gasteiger partial charge on any atom is 0.305 e. The molecular weight excluding hydrogens is 344 g/mol. The zero-order valence-electron chi connectivity index (χ0n) is 12.7. The molecule has 1 saturated carbocycles. The van der Waals surface area contributed by atoms with Crippen molar-refractivity contribution in [1.82, 2.24) is 10.2 Å². The van der Waals surface area contributed by atoms with Crippen LogP contribution in [0.2, 0.25) is 0 Å². The van der Waals surface area contributed by atoms with Crippen LogP contribution in [0.15, 0.2) is 18.2 Å². The van der Waals surface area contributed by atoms with Crippen molar-refractivity contribution in [2.75, 3.05) is 26.2 Å². The van der Waals surface area contributed by atoms with E-state index in [9.17, 15) is 14.5 Å². The van der Waals surface area contributed by atoms with Crippen molar-refractivity contribution in [3.05, 3.63) is 39.7 Å². The van der Waals surface area contributed by atoms with Crippen molar-refractivity contribution in [1.29, 1.82) is 0 Å². The third-order valence-corrected chi connectivity index (χ3v) is 4.40. The second-order valence-electron chi connectivity index (χ2n) is 5.95. The van der Waals surface area contributed by atoms with Gasteiger partial charge in [-0.3, -0.25) is 15.0 Å². The van der Waals surface area contributed by atoms with E-state index >= 15 is 0 Å². The summed E-state index contributed by atoms with van der Waals surface area (Å²) in [5.74, 6) is -0.0387. The van der Waals surface area contributed by atoms with Crippen LogP contribution < -0.4 is 5.32 Å². The first-order chi connectivity index (χ1) is 10.1. The lowest BCUT2D eigenvalue weighted by Crippen LogP contribution is -2.45. The lowest BCUT2D eigenvalue weighted by molar-refractivity contribution is -0.387. The number of halogens is 3. The molecule has 1 atom stereocenters. The van der Waals surface area contributed by atoms with Gasteiger partial charge < -0.3 is 5.32 Å². The SMILES string of the molecule is Cl.Cl.O=[N+]([O-])c1cc([C@H](CC2CC2)N2CCNCC2)ccc1F. The summed E-state index contributed by atoms with van der Waals surface area (Å²) in [4.78, 5) is 12.7. The molecule has 0 unspecified atom stereocenters. The number of nitrogens with one attached hydrogen (secondary N) is 1. The van der Waals surface area contributed by atoms with E-state index in [1.807, 2.05) is 0 Å². The Morgan fingerprint density at radius 3 is 2.52 bits per heavy atom. The Bertz CT molecular complexity index is 537. The Morgan fingerprint density at radius 1 is 1.30 bits per heavy atom. The molecule has 0 radical (unpaired) electrons. The highest BCUT2D eigenvalue weighted by molar-refractivity contribution is 5.85. The number of benzene rings is 1. The minimum atomic E-state index is -0.755. The first kappa shape index (κ1) is 20.1. The van der Waals surface area contributed by atoms with E-state index in [0.29, 0.717) is 5.92 Å². The van der Waals surface area contributed by atoms with E-state index in [0.717, 1.165) is 38.2 Å². The van der Waals surface area contributed by atoms with Gasteiger partial charge in [0.15, 0.2) is 0 Å². The predicted molar refractivity (Wildman–Crippen MR) is 92.1 cm³/mol. The van der Waals surface area contributed by atoms with Crippen LogP contribution in [0.5, 0.6) is 0 Å². The summed E-state index contributed by atoms with van der Waals surface area (Å²) in [6.45, 7) is 3.74. The van der Waals surface area contributed by atoms with Gasteiger partial charge in [0.2, 0.25) is 5.82 Å². The fourth-order valence-corrected chi connectivity index (χ4v) is 3.04. The van der Waals surface area contributed by atoms with Crippen LogP contribution in [0.4, 0.5) is 10.1 Å². The first-order valence-electron chi connectivity index (χ1n) is 7.54. The quantitative estimate of drug-likeness (QED) is 0.642. The van der Waals surface area contributed by atoms with Crippen LogP contribution in [0.1, 0.15) is 30.9 Å². The maximum atomic E-state index is 13.5. The molecule has 2 fully saturated rings. The first-order valence-corrected chi connectivity index (χ1v) is 7.54. The highest BCUT2D eigenvalue weighted by Crippen LogP contribution is 2.40. The highest BCUT2D eigenvalue weighted by Gasteiger charge is 2.31. The third-order valence-electron chi connectivity index (χ3n) is 4.40. The van der Waals surface area contributed by atoms with E-state index in [1.54, 1.807) is 6.07 Å². The molecule has 130 valence electrons. The lowest BCUT2D eigenvalue weighted by Gasteiger charge is -2.35.